The minimum atomic E-state index is 0.409. The number of aromatic nitrogens is 1. The van der Waals surface area contributed by atoms with Gasteiger partial charge >= 0.3 is 0 Å². The summed E-state index contributed by atoms with van der Waals surface area (Å²) in [6, 6.07) is 5.72. The number of rotatable bonds is 6. The van der Waals surface area contributed by atoms with Gasteiger partial charge in [0, 0.05) is 36.3 Å². The van der Waals surface area contributed by atoms with Crippen LogP contribution in [0.5, 0.6) is 5.75 Å². The summed E-state index contributed by atoms with van der Waals surface area (Å²) < 4.78 is 5.20. The van der Waals surface area contributed by atoms with E-state index in [0.29, 0.717) is 5.92 Å². The molecule has 4 nitrogen and oxygen atoms in total. The van der Waals surface area contributed by atoms with E-state index in [9.17, 15) is 0 Å². The fraction of sp³-hybridized carbons (Fsp3) is 0.357. The summed E-state index contributed by atoms with van der Waals surface area (Å²) in [4.78, 5) is 4.32. The van der Waals surface area contributed by atoms with E-state index < -0.39 is 0 Å². The Bertz CT molecular complexity index is 513. The number of hydrogen-bond donors (Lipinski definition) is 2. The molecule has 0 bridgehead atoms. The Morgan fingerprint density at radius 2 is 2.32 bits per heavy atom. The predicted octanol–water partition coefficient (Wildman–Crippen LogP) is 2.63. The van der Waals surface area contributed by atoms with Crippen LogP contribution >= 0.6 is 11.3 Å². The third-order valence-corrected chi connectivity index (χ3v) is 4.00. The number of benzene rings is 1. The van der Waals surface area contributed by atoms with Crippen molar-refractivity contribution in [1.82, 2.24) is 10.3 Å². The maximum Gasteiger partial charge on any atom is 0.119 e. The summed E-state index contributed by atoms with van der Waals surface area (Å²) in [5.41, 5.74) is 7.80. The van der Waals surface area contributed by atoms with E-state index in [1.165, 1.54) is 0 Å². The molecule has 0 fully saturated rings. The summed E-state index contributed by atoms with van der Waals surface area (Å²) in [5, 5.41) is 6.58. The van der Waals surface area contributed by atoms with Crippen LogP contribution in [-0.2, 0) is 6.54 Å². The topological polar surface area (TPSA) is 60.2 Å². The SMILES string of the molecule is COc1ccc(N)c(CNCC(C)c2nccs2)c1. The Morgan fingerprint density at radius 1 is 1.47 bits per heavy atom. The second-order valence-corrected chi connectivity index (χ2v) is 5.39. The van der Waals surface area contributed by atoms with Gasteiger partial charge < -0.3 is 15.8 Å². The molecule has 0 saturated heterocycles. The van der Waals surface area contributed by atoms with Crippen molar-refractivity contribution in [3.63, 3.8) is 0 Å². The summed E-state index contributed by atoms with van der Waals surface area (Å²) >= 11 is 1.69. The van der Waals surface area contributed by atoms with Gasteiger partial charge in [-0.15, -0.1) is 11.3 Å². The third-order valence-electron chi connectivity index (χ3n) is 2.99. The first-order chi connectivity index (χ1) is 9.20. The molecule has 1 atom stereocenters. The Balaban J connectivity index is 1.89. The fourth-order valence-electron chi connectivity index (χ4n) is 1.85. The summed E-state index contributed by atoms with van der Waals surface area (Å²) in [7, 11) is 1.66. The molecule has 1 aromatic heterocycles. The minimum absolute atomic E-state index is 0.409. The normalized spacial score (nSPS) is 12.3. The van der Waals surface area contributed by atoms with Crippen LogP contribution in [0.1, 0.15) is 23.4 Å². The van der Waals surface area contributed by atoms with E-state index >= 15 is 0 Å². The highest BCUT2D eigenvalue weighted by Crippen LogP contribution is 2.20. The average molecular weight is 277 g/mol. The van der Waals surface area contributed by atoms with Gasteiger partial charge in [0.15, 0.2) is 0 Å². The highest BCUT2D eigenvalue weighted by molar-refractivity contribution is 7.09. The van der Waals surface area contributed by atoms with Crippen LogP contribution in [0.3, 0.4) is 0 Å². The highest BCUT2D eigenvalue weighted by atomic mass is 32.1. The zero-order valence-corrected chi connectivity index (χ0v) is 12.0. The second-order valence-electron chi connectivity index (χ2n) is 4.47. The number of ether oxygens (including phenoxy) is 1. The van der Waals surface area contributed by atoms with Crippen LogP contribution in [-0.4, -0.2) is 18.6 Å². The Kier molecular flexibility index (Phi) is 4.76. The van der Waals surface area contributed by atoms with E-state index in [-0.39, 0.29) is 0 Å². The molecule has 3 N–H and O–H groups in total. The van der Waals surface area contributed by atoms with E-state index in [0.717, 1.165) is 35.1 Å². The van der Waals surface area contributed by atoms with E-state index in [4.69, 9.17) is 10.5 Å². The molecule has 102 valence electrons. The number of anilines is 1. The van der Waals surface area contributed by atoms with Crippen molar-refractivity contribution in [2.24, 2.45) is 0 Å². The van der Waals surface area contributed by atoms with Crippen LogP contribution in [0.25, 0.3) is 0 Å². The molecule has 1 aromatic carbocycles. The quantitative estimate of drug-likeness (QED) is 0.797. The van der Waals surface area contributed by atoms with Crippen LogP contribution in [0.4, 0.5) is 5.69 Å². The molecule has 0 saturated carbocycles. The van der Waals surface area contributed by atoms with Crippen molar-refractivity contribution >= 4 is 17.0 Å². The summed E-state index contributed by atoms with van der Waals surface area (Å²) in [6.45, 7) is 3.78. The molecule has 19 heavy (non-hydrogen) atoms. The monoisotopic (exact) mass is 277 g/mol. The van der Waals surface area contributed by atoms with Gasteiger partial charge in [0.2, 0.25) is 0 Å². The van der Waals surface area contributed by atoms with E-state index in [1.54, 1.807) is 18.4 Å². The maximum absolute atomic E-state index is 5.95. The van der Waals surface area contributed by atoms with Crippen molar-refractivity contribution in [1.29, 1.82) is 0 Å². The van der Waals surface area contributed by atoms with E-state index in [2.05, 4.69) is 17.2 Å². The Labute approximate surface area is 117 Å². The van der Waals surface area contributed by atoms with Gasteiger partial charge in [0.05, 0.1) is 12.1 Å². The molecular weight excluding hydrogens is 258 g/mol. The zero-order chi connectivity index (χ0) is 13.7. The van der Waals surface area contributed by atoms with Gasteiger partial charge in [0.25, 0.3) is 0 Å². The van der Waals surface area contributed by atoms with Crippen molar-refractivity contribution in [3.8, 4) is 5.75 Å². The first-order valence-corrected chi connectivity index (χ1v) is 7.11. The van der Waals surface area contributed by atoms with Crippen LogP contribution < -0.4 is 15.8 Å². The Hall–Kier alpha value is -1.59. The molecule has 0 aliphatic rings. The second kappa shape index (κ2) is 6.54. The number of nitrogens with zero attached hydrogens (tertiary/aromatic N) is 1. The largest absolute Gasteiger partial charge is 0.497 e. The lowest BCUT2D eigenvalue weighted by atomic mass is 10.1. The van der Waals surface area contributed by atoms with Gasteiger partial charge in [-0.25, -0.2) is 4.98 Å². The molecule has 0 spiro atoms. The molecule has 0 aliphatic carbocycles. The number of nitrogen functional groups attached to an aromatic ring is 1. The van der Waals surface area contributed by atoms with Gasteiger partial charge in [0.1, 0.15) is 5.75 Å². The lowest BCUT2D eigenvalue weighted by Gasteiger charge is -2.12. The molecule has 2 aromatic rings. The van der Waals surface area contributed by atoms with Gasteiger partial charge in [-0.2, -0.15) is 0 Å². The van der Waals surface area contributed by atoms with Crippen molar-refractivity contribution in [2.75, 3.05) is 19.4 Å². The lowest BCUT2D eigenvalue weighted by molar-refractivity contribution is 0.414. The number of thiazole rings is 1. The smallest absolute Gasteiger partial charge is 0.119 e. The van der Waals surface area contributed by atoms with Gasteiger partial charge in [-0.1, -0.05) is 6.92 Å². The molecule has 0 radical (unpaired) electrons. The number of nitrogens with two attached hydrogens (primary N) is 1. The minimum Gasteiger partial charge on any atom is -0.497 e. The van der Waals surface area contributed by atoms with Gasteiger partial charge in [-0.05, 0) is 23.8 Å². The van der Waals surface area contributed by atoms with Crippen LogP contribution in [0.2, 0.25) is 0 Å². The molecule has 1 unspecified atom stereocenters. The predicted molar refractivity (Wildman–Crippen MR) is 79.6 cm³/mol. The molecule has 5 heteroatoms. The van der Waals surface area contributed by atoms with Crippen molar-refractivity contribution in [3.05, 3.63) is 40.3 Å². The Morgan fingerprint density at radius 3 is 3.00 bits per heavy atom. The standard InChI is InChI=1S/C14H19N3OS/c1-10(14-17-5-6-19-14)8-16-9-11-7-12(18-2)3-4-13(11)15/h3-7,10,16H,8-9,15H2,1-2H3. The van der Waals surface area contributed by atoms with E-state index in [1.807, 2.05) is 29.8 Å². The number of nitrogens with one attached hydrogen (secondary N) is 1. The first-order valence-electron chi connectivity index (χ1n) is 6.23. The lowest BCUT2D eigenvalue weighted by Crippen LogP contribution is -2.20. The molecular formula is C14H19N3OS. The van der Waals surface area contributed by atoms with Crippen molar-refractivity contribution < 1.29 is 4.74 Å². The van der Waals surface area contributed by atoms with Crippen molar-refractivity contribution in [2.45, 2.75) is 19.4 Å². The summed E-state index contributed by atoms with van der Waals surface area (Å²) in [5.74, 6) is 1.24. The molecule has 0 amide bonds. The number of hydrogen-bond acceptors (Lipinski definition) is 5. The fourth-order valence-corrected chi connectivity index (χ4v) is 2.55. The molecule has 1 heterocycles. The summed E-state index contributed by atoms with van der Waals surface area (Å²) in [6.07, 6.45) is 1.84. The number of methoxy groups -OCH3 is 1. The third kappa shape index (κ3) is 3.68. The maximum atomic E-state index is 5.95. The highest BCUT2D eigenvalue weighted by Gasteiger charge is 2.08. The van der Waals surface area contributed by atoms with Gasteiger partial charge in [-0.3, -0.25) is 0 Å². The zero-order valence-electron chi connectivity index (χ0n) is 11.2. The first kappa shape index (κ1) is 13.8. The van der Waals surface area contributed by atoms with Crippen LogP contribution in [0.15, 0.2) is 29.8 Å². The molecule has 2 rings (SSSR count). The van der Waals surface area contributed by atoms with Crippen LogP contribution in [0, 0.1) is 0 Å². The average Bonchev–Trinajstić information content (AvgIpc) is 2.95. The molecule has 0 aliphatic heterocycles.